The number of amides is 1. The van der Waals surface area contributed by atoms with Gasteiger partial charge in [-0.1, -0.05) is 20.8 Å². The zero-order valence-electron chi connectivity index (χ0n) is 13.2. The van der Waals surface area contributed by atoms with Gasteiger partial charge in [0.25, 0.3) is 0 Å². The van der Waals surface area contributed by atoms with Crippen LogP contribution < -0.4 is 0 Å². The fraction of sp³-hybridized carbons (Fsp3) is 0.933. The van der Waals surface area contributed by atoms with Crippen molar-refractivity contribution in [3.8, 4) is 0 Å². The molecule has 0 aromatic carbocycles. The van der Waals surface area contributed by atoms with E-state index in [9.17, 15) is 9.90 Å². The van der Waals surface area contributed by atoms with Gasteiger partial charge in [0.15, 0.2) is 0 Å². The summed E-state index contributed by atoms with van der Waals surface area (Å²) in [5.41, 5.74) is -0.339. The van der Waals surface area contributed by atoms with E-state index in [0.29, 0.717) is 12.5 Å². The summed E-state index contributed by atoms with van der Waals surface area (Å²) in [5, 5.41) is 9.43. The fourth-order valence-electron chi connectivity index (χ4n) is 2.44. The Bertz CT molecular complexity index is 314. The molecule has 0 unspecified atom stereocenters. The molecule has 1 heterocycles. The summed E-state index contributed by atoms with van der Waals surface area (Å²) in [4.78, 5) is 13.9. The van der Waals surface area contributed by atoms with Crippen LogP contribution in [0.15, 0.2) is 0 Å². The molecule has 2 atom stereocenters. The summed E-state index contributed by atoms with van der Waals surface area (Å²) in [5.74, 6) is 0.552. The molecule has 4 nitrogen and oxygen atoms in total. The summed E-state index contributed by atoms with van der Waals surface area (Å²) >= 11 is 0. The maximum Gasteiger partial charge on any atom is 0.410 e. The highest BCUT2D eigenvalue weighted by atomic mass is 16.6. The van der Waals surface area contributed by atoms with Crippen molar-refractivity contribution in [2.75, 3.05) is 19.7 Å². The van der Waals surface area contributed by atoms with Crippen LogP contribution in [0, 0.1) is 17.3 Å². The molecule has 0 saturated carbocycles. The number of aliphatic hydroxyl groups excluding tert-OH is 1. The minimum absolute atomic E-state index is 0.131. The Hall–Kier alpha value is -0.770. The molecule has 1 saturated heterocycles. The molecule has 1 aliphatic rings. The number of ether oxygens (including phenoxy) is 1. The number of hydrogen-bond acceptors (Lipinski definition) is 3. The van der Waals surface area contributed by atoms with Crippen molar-refractivity contribution in [1.29, 1.82) is 0 Å². The quantitative estimate of drug-likeness (QED) is 0.797. The largest absolute Gasteiger partial charge is 0.444 e. The van der Waals surface area contributed by atoms with E-state index in [1.807, 2.05) is 20.8 Å². The number of piperidine rings is 1. The van der Waals surface area contributed by atoms with Gasteiger partial charge in [-0.15, -0.1) is 0 Å². The van der Waals surface area contributed by atoms with Crippen molar-refractivity contribution in [2.45, 2.75) is 53.6 Å². The molecule has 112 valence electrons. The Morgan fingerprint density at radius 1 is 1.21 bits per heavy atom. The van der Waals surface area contributed by atoms with Gasteiger partial charge in [-0.25, -0.2) is 4.79 Å². The lowest BCUT2D eigenvalue weighted by molar-refractivity contribution is -0.00739. The predicted octanol–water partition coefficient (Wildman–Crippen LogP) is 2.90. The average Bonchev–Trinajstić information content (AvgIpc) is 2.25. The predicted molar refractivity (Wildman–Crippen MR) is 75.9 cm³/mol. The second kappa shape index (κ2) is 5.70. The third-order valence-corrected chi connectivity index (χ3v) is 3.67. The van der Waals surface area contributed by atoms with Crippen LogP contribution >= 0.6 is 0 Å². The van der Waals surface area contributed by atoms with Crippen LogP contribution in [-0.4, -0.2) is 41.4 Å². The van der Waals surface area contributed by atoms with Gasteiger partial charge in [-0.3, -0.25) is 0 Å². The minimum atomic E-state index is -0.472. The van der Waals surface area contributed by atoms with Crippen LogP contribution in [0.2, 0.25) is 0 Å². The fourth-order valence-corrected chi connectivity index (χ4v) is 2.44. The molecular weight excluding hydrogens is 242 g/mol. The zero-order valence-corrected chi connectivity index (χ0v) is 13.2. The summed E-state index contributed by atoms with van der Waals surface area (Å²) < 4.78 is 5.44. The lowest BCUT2D eigenvalue weighted by Gasteiger charge is -2.43. The molecular formula is C15H29NO3. The van der Waals surface area contributed by atoms with E-state index in [1.54, 1.807) is 4.90 Å². The second-order valence-electron chi connectivity index (χ2n) is 7.73. The topological polar surface area (TPSA) is 49.8 Å². The SMILES string of the molecule is CC(C)(C)OC(=O)N1C[C@@H](CO)C[C@@H](C(C)(C)C)C1. The summed E-state index contributed by atoms with van der Waals surface area (Å²) in [6, 6.07) is 0. The Morgan fingerprint density at radius 3 is 2.21 bits per heavy atom. The van der Waals surface area contributed by atoms with Gasteiger partial charge >= 0.3 is 6.09 Å². The van der Waals surface area contributed by atoms with Crippen molar-refractivity contribution < 1.29 is 14.6 Å². The molecule has 1 rings (SSSR count). The van der Waals surface area contributed by atoms with E-state index in [0.717, 1.165) is 13.0 Å². The normalized spacial score (nSPS) is 25.3. The standard InChI is InChI=1S/C15H29NO3/c1-14(2,3)12-7-11(10-17)8-16(9-12)13(18)19-15(4,5)6/h11-12,17H,7-10H2,1-6H3/t11-,12+/m0/s1. The molecule has 0 bridgehead atoms. The van der Waals surface area contributed by atoms with Crippen molar-refractivity contribution in [3.05, 3.63) is 0 Å². The molecule has 0 aliphatic carbocycles. The molecule has 1 N–H and O–H groups in total. The van der Waals surface area contributed by atoms with Crippen molar-refractivity contribution in [3.63, 3.8) is 0 Å². The van der Waals surface area contributed by atoms with Crippen molar-refractivity contribution in [2.24, 2.45) is 17.3 Å². The lowest BCUT2D eigenvalue weighted by Crippen LogP contribution is -2.49. The van der Waals surface area contributed by atoms with Gasteiger partial charge in [-0.2, -0.15) is 0 Å². The molecule has 19 heavy (non-hydrogen) atoms. The number of carbonyl (C=O) groups excluding carboxylic acids is 1. The minimum Gasteiger partial charge on any atom is -0.444 e. The van der Waals surface area contributed by atoms with E-state index >= 15 is 0 Å². The molecule has 1 aliphatic heterocycles. The van der Waals surface area contributed by atoms with Crippen molar-refractivity contribution in [1.82, 2.24) is 4.90 Å². The van der Waals surface area contributed by atoms with Gasteiger partial charge in [0.1, 0.15) is 5.60 Å². The maximum absolute atomic E-state index is 12.2. The number of nitrogens with zero attached hydrogens (tertiary/aromatic N) is 1. The lowest BCUT2D eigenvalue weighted by atomic mass is 9.73. The first-order valence-electron chi connectivity index (χ1n) is 7.11. The highest BCUT2D eigenvalue weighted by molar-refractivity contribution is 5.68. The van der Waals surface area contributed by atoms with Crippen LogP contribution in [0.5, 0.6) is 0 Å². The highest BCUT2D eigenvalue weighted by Crippen LogP contribution is 2.35. The molecule has 0 spiro atoms. The molecule has 1 fully saturated rings. The summed E-state index contributed by atoms with van der Waals surface area (Å²) in [6.45, 7) is 13.6. The van der Waals surface area contributed by atoms with Crippen LogP contribution in [0.3, 0.4) is 0 Å². The number of aliphatic hydroxyl groups is 1. The second-order valence-corrected chi connectivity index (χ2v) is 7.73. The van der Waals surface area contributed by atoms with Gasteiger partial charge in [0.05, 0.1) is 0 Å². The van der Waals surface area contributed by atoms with Crippen molar-refractivity contribution >= 4 is 6.09 Å². The zero-order chi connectivity index (χ0) is 14.8. The Labute approximate surface area is 117 Å². The maximum atomic E-state index is 12.2. The van der Waals surface area contributed by atoms with Crippen LogP contribution in [0.1, 0.15) is 48.0 Å². The smallest absolute Gasteiger partial charge is 0.410 e. The number of carbonyl (C=O) groups is 1. The highest BCUT2D eigenvalue weighted by Gasteiger charge is 2.37. The number of hydrogen-bond donors (Lipinski definition) is 1. The van der Waals surface area contributed by atoms with Gasteiger partial charge in [-0.05, 0) is 38.5 Å². The van der Waals surface area contributed by atoms with E-state index in [4.69, 9.17) is 4.74 Å². The molecule has 0 aromatic rings. The third-order valence-electron chi connectivity index (χ3n) is 3.67. The first kappa shape index (κ1) is 16.3. The van der Waals surface area contributed by atoms with Gasteiger partial charge in [0.2, 0.25) is 0 Å². The van der Waals surface area contributed by atoms with Crippen LogP contribution in [0.25, 0.3) is 0 Å². The Morgan fingerprint density at radius 2 is 1.79 bits per heavy atom. The molecule has 0 aromatic heterocycles. The molecule has 1 amide bonds. The molecule has 0 radical (unpaired) electrons. The Kier molecular flexibility index (Phi) is 4.88. The first-order valence-corrected chi connectivity index (χ1v) is 7.11. The van der Waals surface area contributed by atoms with Gasteiger partial charge in [0, 0.05) is 25.6 Å². The third kappa shape index (κ3) is 5.01. The van der Waals surface area contributed by atoms with Crippen LogP contribution in [0.4, 0.5) is 4.79 Å². The number of likely N-dealkylation sites (tertiary alicyclic amines) is 1. The van der Waals surface area contributed by atoms with Gasteiger partial charge < -0.3 is 14.7 Å². The summed E-state index contributed by atoms with van der Waals surface area (Å²) in [7, 11) is 0. The van der Waals surface area contributed by atoms with E-state index in [2.05, 4.69) is 20.8 Å². The average molecular weight is 271 g/mol. The Balaban J connectivity index is 2.75. The van der Waals surface area contributed by atoms with E-state index < -0.39 is 5.60 Å². The van der Waals surface area contributed by atoms with E-state index in [-0.39, 0.29) is 24.0 Å². The molecule has 4 heteroatoms. The monoisotopic (exact) mass is 271 g/mol. The number of rotatable bonds is 1. The van der Waals surface area contributed by atoms with E-state index in [1.165, 1.54) is 0 Å². The summed E-state index contributed by atoms with van der Waals surface area (Å²) in [6.07, 6.45) is 0.708. The van der Waals surface area contributed by atoms with Crippen LogP contribution in [-0.2, 0) is 4.74 Å². The first-order chi connectivity index (χ1) is 8.53.